The highest BCUT2D eigenvalue weighted by Crippen LogP contribution is 2.36. The molecule has 4 nitrogen and oxygen atoms in total. The van der Waals surface area contributed by atoms with E-state index < -0.39 is 9.84 Å². The lowest BCUT2D eigenvalue weighted by Crippen LogP contribution is -2.41. The molecule has 0 fully saturated rings. The van der Waals surface area contributed by atoms with Crippen LogP contribution >= 0.6 is 0 Å². The predicted molar refractivity (Wildman–Crippen MR) is 85.5 cm³/mol. The van der Waals surface area contributed by atoms with Gasteiger partial charge in [-0.25, -0.2) is 8.42 Å². The zero-order chi connectivity index (χ0) is 15.6. The van der Waals surface area contributed by atoms with Gasteiger partial charge in [0.25, 0.3) is 0 Å². The Hall–Kier alpha value is -1.07. The molecular weight excluding hydrogens is 286 g/mol. The van der Waals surface area contributed by atoms with Crippen molar-refractivity contribution >= 4 is 9.84 Å². The highest BCUT2D eigenvalue weighted by molar-refractivity contribution is 7.92. The lowest BCUT2D eigenvalue weighted by molar-refractivity contribution is 0.410. The first-order chi connectivity index (χ1) is 9.89. The van der Waals surface area contributed by atoms with Crippen LogP contribution in [0.2, 0.25) is 0 Å². The van der Waals surface area contributed by atoms with Crippen LogP contribution in [0.1, 0.15) is 37.4 Å². The summed E-state index contributed by atoms with van der Waals surface area (Å²) in [5, 5.41) is 2.85. The van der Waals surface area contributed by atoms with Gasteiger partial charge in [-0.3, -0.25) is 0 Å². The fourth-order valence-corrected chi connectivity index (χ4v) is 5.55. The summed E-state index contributed by atoms with van der Waals surface area (Å²) in [6.45, 7) is 3.90. The van der Waals surface area contributed by atoms with Crippen LogP contribution in [0.15, 0.2) is 18.2 Å². The molecule has 1 aliphatic rings. The van der Waals surface area contributed by atoms with Crippen LogP contribution in [0, 0.1) is 5.92 Å². The fourth-order valence-electron chi connectivity index (χ4n) is 3.20. The zero-order valence-corrected chi connectivity index (χ0v) is 14.0. The molecule has 0 bridgehead atoms. The summed E-state index contributed by atoms with van der Waals surface area (Å²) in [7, 11) is 0.352. The van der Waals surface area contributed by atoms with Gasteiger partial charge in [0.2, 0.25) is 0 Å². The minimum Gasteiger partial charge on any atom is -0.497 e. The van der Waals surface area contributed by atoms with Crippen LogP contribution < -0.4 is 10.1 Å². The molecule has 118 valence electrons. The minimum atomic E-state index is -3.11. The average molecular weight is 311 g/mol. The van der Waals surface area contributed by atoms with Crippen molar-refractivity contribution in [3.8, 4) is 5.75 Å². The highest BCUT2D eigenvalue weighted by atomic mass is 32.2. The topological polar surface area (TPSA) is 55.4 Å². The number of hydrogen-bond acceptors (Lipinski definition) is 4. The van der Waals surface area contributed by atoms with Gasteiger partial charge in [-0.1, -0.05) is 19.9 Å². The third kappa shape index (κ3) is 3.40. The van der Waals surface area contributed by atoms with Gasteiger partial charge in [0, 0.05) is 6.04 Å². The van der Waals surface area contributed by atoms with E-state index in [1.165, 1.54) is 5.56 Å². The Labute approximate surface area is 127 Å². The second-order valence-corrected chi connectivity index (χ2v) is 8.40. The van der Waals surface area contributed by atoms with E-state index in [1.54, 1.807) is 7.11 Å². The quantitative estimate of drug-likeness (QED) is 0.907. The number of benzene rings is 1. The molecule has 1 aromatic carbocycles. The molecule has 1 N–H and O–H groups in total. The van der Waals surface area contributed by atoms with Gasteiger partial charge in [0.1, 0.15) is 5.75 Å². The zero-order valence-electron chi connectivity index (χ0n) is 13.2. The third-order valence-electron chi connectivity index (χ3n) is 4.10. The van der Waals surface area contributed by atoms with Crippen molar-refractivity contribution in [3.63, 3.8) is 0 Å². The number of methoxy groups -OCH3 is 1. The van der Waals surface area contributed by atoms with Gasteiger partial charge in [0.05, 0.1) is 18.1 Å². The average Bonchev–Trinajstić information content (AvgIpc) is 2.43. The molecule has 1 aliphatic carbocycles. The normalized spacial score (nSPS) is 22.1. The van der Waals surface area contributed by atoms with Gasteiger partial charge < -0.3 is 10.1 Å². The Balaban J connectivity index is 2.39. The molecule has 0 heterocycles. The van der Waals surface area contributed by atoms with Gasteiger partial charge in [0.15, 0.2) is 9.84 Å². The van der Waals surface area contributed by atoms with Crippen LogP contribution in [0.5, 0.6) is 5.75 Å². The van der Waals surface area contributed by atoms with Crippen LogP contribution in [-0.2, 0) is 16.3 Å². The predicted octanol–water partition coefficient (Wildman–Crippen LogP) is 2.34. The number of fused-ring (bicyclic) bond motifs is 1. The van der Waals surface area contributed by atoms with Crippen molar-refractivity contribution in [1.82, 2.24) is 5.32 Å². The van der Waals surface area contributed by atoms with Gasteiger partial charge in [-0.05, 0) is 49.1 Å². The molecular formula is C16H25NO3S. The van der Waals surface area contributed by atoms with Crippen molar-refractivity contribution in [3.05, 3.63) is 29.3 Å². The molecule has 0 saturated heterocycles. The smallest absolute Gasteiger partial charge is 0.155 e. The molecule has 5 heteroatoms. The largest absolute Gasteiger partial charge is 0.497 e. The summed E-state index contributed by atoms with van der Waals surface area (Å²) in [4.78, 5) is 0. The van der Waals surface area contributed by atoms with Gasteiger partial charge in [-0.15, -0.1) is 0 Å². The van der Waals surface area contributed by atoms with Crippen molar-refractivity contribution in [2.24, 2.45) is 5.92 Å². The van der Waals surface area contributed by atoms with E-state index in [9.17, 15) is 8.42 Å². The molecule has 0 radical (unpaired) electrons. The summed E-state index contributed by atoms with van der Waals surface area (Å²) in [6.07, 6.45) is 1.49. The SMILES string of the molecule is CNC1c2cc(OC)ccc2CCC1S(=O)(=O)CC(C)C. The number of sulfone groups is 1. The molecule has 2 rings (SSSR count). The summed E-state index contributed by atoms with van der Waals surface area (Å²) in [5.41, 5.74) is 2.27. The molecule has 2 atom stereocenters. The van der Waals surface area contributed by atoms with Gasteiger partial charge >= 0.3 is 0 Å². The van der Waals surface area contributed by atoms with Gasteiger partial charge in [-0.2, -0.15) is 0 Å². The Morgan fingerprint density at radius 2 is 2.10 bits per heavy atom. The van der Waals surface area contributed by atoms with Crippen LogP contribution in [-0.4, -0.2) is 33.6 Å². The van der Waals surface area contributed by atoms with Crippen molar-refractivity contribution in [2.45, 2.75) is 38.0 Å². The van der Waals surface area contributed by atoms with Crippen LogP contribution in [0.3, 0.4) is 0 Å². The first-order valence-electron chi connectivity index (χ1n) is 7.44. The number of rotatable bonds is 5. The van der Waals surface area contributed by atoms with E-state index >= 15 is 0 Å². The summed E-state index contributed by atoms with van der Waals surface area (Å²) < 4.78 is 30.6. The Morgan fingerprint density at radius 1 is 1.38 bits per heavy atom. The molecule has 0 aliphatic heterocycles. The second-order valence-electron chi connectivity index (χ2n) is 6.13. The number of ether oxygens (including phenoxy) is 1. The van der Waals surface area contributed by atoms with Crippen molar-refractivity contribution in [2.75, 3.05) is 19.9 Å². The molecule has 0 amide bonds. The fraction of sp³-hybridized carbons (Fsp3) is 0.625. The maximum Gasteiger partial charge on any atom is 0.155 e. The standard InChI is InChI=1S/C16H25NO3S/c1-11(2)10-21(18,19)15-8-6-12-5-7-13(20-4)9-14(12)16(15)17-3/h5,7,9,11,15-17H,6,8,10H2,1-4H3. The molecule has 1 aromatic rings. The first kappa shape index (κ1) is 16.3. The van der Waals surface area contributed by atoms with Crippen LogP contribution in [0.4, 0.5) is 0 Å². The van der Waals surface area contributed by atoms with E-state index in [2.05, 4.69) is 5.32 Å². The van der Waals surface area contributed by atoms with Crippen molar-refractivity contribution < 1.29 is 13.2 Å². The van der Waals surface area contributed by atoms with E-state index in [1.807, 2.05) is 39.1 Å². The van der Waals surface area contributed by atoms with E-state index in [-0.39, 0.29) is 23.0 Å². The molecule has 0 aromatic heterocycles. The maximum atomic E-state index is 12.7. The molecule has 0 spiro atoms. The lowest BCUT2D eigenvalue weighted by atomic mass is 9.87. The summed E-state index contributed by atoms with van der Waals surface area (Å²) >= 11 is 0. The molecule has 21 heavy (non-hydrogen) atoms. The first-order valence-corrected chi connectivity index (χ1v) is 9.16. The Bertz CT molecular complexity index is 596. The maximum absolute atomic E-state index is 12.7. The van der Waals surface area contributed by atoms with E-state index in [4.69, 9.17) is 4.74 Å². The molecule has 0 saturated carbocycles. The Kier molecular flexibility index (Phi) is 4.94. The molecule has 2 unspecified atom stereocenters. The van der Waals surface area contributed by atoms with E-state index in [0.29, 0.717) is 6.42 Å². The summed E-state index contributed by atoms with van der Waals surface area (Å²) in [6, 6.07) is 5.79. The highest BCUT2D eigenvalue weighted by Gasteiger charge is 2.37. The number of aryl methyl sites for hydroxylation is 1. The summed E-state index contributed by atoms with van der Waals surface area (Å²) in [5.74, 6) is 1.17. The lowest BCUT2D eigenvalue weighted by Gasteiger charge is -2.33. The van der Waals surface area contributed by atoms with Crippen LogP contribution in [0.25, 0.3) is 0 Å². The van der Waals surface area contributed by atoms with E-state index in [0.717, 1.165) is 17.7 Å². The second kappa shape index (κ2) is 6.36. The number of nitrogens with one attached hydrogen (secondary N) is 1. The van der Waals surface area contributed by atoms with Crippen molar-refractivity contribution in [1.29, 1.82) is 0 Å². The third-order valence-corrected chi connectivity index (χ3v) is 6.66. The monoisotopic (exact) mass is 311 g/mol. The number of hydrogen-bond donors (Lipinski definition) is 1. The minimum absolute atomic E-state index is 0.152. The Morgan fingerprint density at radius 3 is 2.67 bits per heavy atom.